The average Bonchev–Trinajstić information content (AvgIpc) is 2.36. The third kappa shape index (κ3) is 3.53. The molecule has 2 aromatic carbocycles. The van der Waals surface area contributed by atoms with Gasteiger partial charge in [-0.3, -0.25) is 0 Å². The Labute approximate surface area is 135 Å². The highest BCUT2D eigenvalue weighted by atomic mass is 79.9. The van der Waals surface area contributed by atoms with E-state index in [-0.39, 0.29) is 10.0 Å². The summed E-state index contributed by atoms with van der Waals surface area (Å²) in [7, 11) is 0. The number of hydrogen-bond donors (Lipinski definition) is 1. The molecular formula is C15H12BrCl2FO. The van der Waals surface area contributed by atoms with E-state index in [9.17, 15) is 9.50 Å². The van der Waals surface area contributed by atoms with Crippen LogP contribution in [-0.4, -0.2) is 5.11 Å². The number of hydrogen-bond acceptors (Lipinski definition) is 1. The zero-order chi connectivity index (χ0) is 14.9. The molecule has 0 spiro atoms. The minimum absolute atomic E-state index is 0.0572. The minimum Gasteiger partial charge on any atom is -0.385 e. The second kappa shape index (κ2) is 6.02. The molecule has 1 N–H and O–H groups in total. The molecule has 1 unspecified atom stereocenters. The van der Waals surface area contributed by atoms with Gasteiger partial charge in [0.2, 0.25) is 0 Å². The molecule has 5 heteroatoms. The summed E-state index contributed by atoms with van der Waals surface area (Å²) in [6.45, 7) is 1.60. The van der Waals surface area contributed by atoms with Gasteiger partial charge in [0.15, 0.2) is 0 Å². The summed E-state index contributed by atoms with van der Waals surface area (Å²) < 4.78 is 14.5. The van der Waals surface area contributed by atoms with E-state index in [1.54, 1.807) is 6.92 Å². The Hall–Kier alpha value is -0.610. The maximum atomic E-state index is 13.6. The molecule has 20 heavy (non-hydrogen) atoms. The minimum atomic E-state index is -1.28. The summed E-state index contributed by atoms with van der Waals surface area (Å²) in [5.41, 5.74) is -0.0373. The maximum Gasteiger partial charge on any atom is 0.142 e. The van der Waals surface area contributed by atoms with Crippen molar-refractivity contribution < 1.29 is 9.50 Å². The molecular weight excluding hydrogens is 366 g/mol. The summed E-state index contributed by atoms with van der Waals surface area (Å²) in [6.07, 6.45) is 0.321. The van der Waals surface area contributed by atoms with Gasteiger partial charge < -0.3 is 5.11 Å². The van der Waals surface area contributed by atoms with E-state index in [1.165, 1.54) is 12.1 Å². The van der Waals surface area contributed by atoms with Crippen molar-refractivity contribution in [3.63, 3.8) is 0 Å². The fourth-order valence-electron chi connectivity index (χ4n) is 2.03. The Kier molecular flexibility index (Phi) is 4.75. The Morgan fingerprint density at radius 1 is 1.15 bits per heavy atom. The van der Waals surface area contributed by atoms with Gasteiger partial charge in [0.05, 0.1) is 10.6 Å². The van der Waals surface area contributed by atoms with Crippen LogP contribution in [0.1, 0.15) is 18.1 Å². The highest BCUT2D eigenvalue weighted by molar-refractivity contribution is 9.10. The lowest BCUT2D eigenvalue weighted by Crippen LogP contribution is -2.25. The van der Waals surface area contributed by atoms with E-state index in [0.717, 1.165) is 10.0 Å². The van der Waals surface area contributed by atoms with Crippen LogP contribution in [0.4, 0.5) is 4.39 Å². The third-order valence-electron chi connectivity index (χ3n) is 3.05. The molecule has 2 rings (SSSR count). The van der Waals surface area contributed by atoms with Gasteiger partial charge in [-0.1, -0.05) is 51.3 Å². The molecule has 0 amide bonds. The second-order valence-electron chi connectivity index (χ2n) is 4.82. The summed E-state index contributed by atoms with van der Waals surface area (Å²) in [5.74, 6) is -0.595. The molecule has 0 bridgehead atoms. The fourth-order valence-corrected chi connectivity index (χ4v) is 2.88. The normalized spacial score (nSPS) is 14.1. The quantitative estimate of drug-likeness (QED) is 0.715. The van der Waals surface area contributed by atoms with Crippen LogP contribution >= 0.6 is 39.1 Å². The molecule has 0 heterocycles. The average molecular weight is 378 g/mol. The molecule has 0 saturated carbocycles. The molecule has 0 aromatic heterocycles. The number of rotatable bonds is 3. The summed E-state index contributed by atoms with van der Waals surface area (Å²) in [6, 6.07) is 10.0. The van der Waals surface area contributed by atoms with Crippen LogP contribution in [-0.2, 0) is 12.0 Å². The Balaban J connectivity index is 2.34. The van der Waals surface area contributed by atoms with Gasteiger partial charge in [0.1, 0.15) is 5.82 Å². The van der Waals surface area contributed by atoms with Crippen LogP contribution in [0.5, 0.6) is 0 Å². The maximum absolute atomic E-state index is 13.6. The molecule has 0 aliphatic carbocycles. The predicted molar refractivity (Wildman–Crippen MR) is 83.8 cm³/mol. The first-order chi connectivity index (χ1) is 9.29. The van der Waals surface area contributed by atoms with E-state index in [0.29, 0.717) is 12.0 Å². The number of benzene rings is 2. The molecule has 1 nitrogen and oxygen atoms in total. The molecule has 0 aliphatic heterocycles. The van der Waals surface area contributed by atoms with Crippen LogP contribution in [0.15, 0.2) is 40.9 Å². The standard InChI is InChI=1S/C15H12BrCl2FO/c1-15(20,8-9-2-4-10(16)5-3-9)11-6-14(19)13(18)7-12(11)17/h2-7,20H,8H2,1H3. The lowest BCUT2D eigenvalue weighted by atomic mass is 9.89. The molecule has 0 saturated heterocycles. The van der Waals surface area contributed by atoms with Crippen molar-refractivity contribution in [1.82, 2.24) is 0 Å². The topological polar surface area (TPSA) is 20.2 Å². The van der Waals surface area contributed by atoms with Crippen molar-refractivity contribution in [2.45, 2.75) is 18.9 Å². The monoisotopic (exact) mass is 376 g/mol. The van der Waals surface area contributed by atoms with Gasteiger partial charge in [0.25, 0.3) is 0 Å². The Morgan fingerprint density at radius 2 is 1.75 bits per heavy atom. The van der Waals surface area contributed by atoms with Gasteiger partial charge >= 0.3 is 0 Å². The lowest BCUT2D eigenvalue weighted by molar-refractivity contribution is 0.0574. The first-order valence-corrected chi connectivity index (χ1v) is 7.46. The van der Waals surface area contributed by atoms with Crippen LogP contribution in [0.2, 0.25) is 10.0 Å². The van der Waals surface area contributed by atoms with Gasteiger partial charge in [0, 0.05) is 21.5 Å². The van der Waals surface area contributed by atoms with Crippen LogP contribution in [0, 0.1) is 5.82 Å². The van der Waals surface area contributed by atoms with Crippen molar-refractivity contribution >= 4 is 39.1 Å². The van der Waals surface area contributed by atoms with E-state index in [1.807, 2.05) is 24.3 Å². The largest absolute Gasteiger partial charge is 0.385 e. The summed E-state index contributed by atoms with van der Waals surface area (Å²) >= 11 is 15.1. The zero-order valence-corrected chi connectivity index (χ0v) is 13.7. The van der Waals surface area contributed by atoms with Crippen molar-refractivity contribution in [3.05, 3.63) is 67.9 Å². The van der Waals surface area contributed by atoms with Gasteiger partial charge in [-0.05, 0) is 36.8 Å². The highest BCUT2D eigenvalue weighted by Gasteiger charge is 2.27. The van der Waals surface area contributed by atoms with E-state index >= 15 is 0 Å². The first kappa shape index (κ1) is 15.8. The van der Waals surface area contributed by atoms with E-state index in [2.05, 4.69) is 15.9 Å². The molecule has 0 aliphatic rings. The fraction of sp³-hybridized carbons (Fsp3) is 0.200. The van der Waals surface area contributed by atoms with Crippen molar-refractivity contribution in [2.75, 3.05) is 0 Å². The Bertz CT molecular complexity index is 627. The van der Waals surface area contributed by atoms with Crippen molar-refractivity contribution in [1.29, 1.82) is 0 Å². The smallest absolute Gasteiger partial charge is 0.142 e. The van der Waals surface area contributed by atoms with E-state index in [4.69, 9.17) is 23.2 Å². The number of halogens is 4. The van der Waals surface area contributed by atoms with Crippen LogP contribution in [0.3, 0.4) is 0 Å². The lowest BCUT2D eigenvalue weighted by Gasteiger charge is -2.25. The number of aliphatic hydroxyl groups is 1. The molecule has 106 valence electrons. The van der Waals surface area contributed by atoms with Gasteiger partial charge in [-0.2, -0.15) is 0 Å². The van der Waals surface area contributed by atoms with Gasteiger partial charge in [-0.15, -0.1) is 0 Å². The highest BCUT2D eigenvalue weighted by Crippen LogP contribution is 2.34. The van der Waals surface area contributed by atoms with Crippen LogP contribution in [0.25, 0.3) is 0 Å². The summed E-state index contributed by atoms with van der Waals surface area (Å²) in [5, 5.41) is 10.8. The van der Waals surface area contributed by atoms with Crippen molar-refractivity contribution in [2.24, 2.45) is 0 Å². The zero-order valence-electron chi connectivity index (χ0n) is 10.6. The summed E-state index contributed by atoms with van der Waals surface area (Å²) in [4.78, 5) is 0. The Morgan fingerprint density at radius 3 is 2.35 bits per heavy atom. The van der Waals surface area contributed by atoms with Crippen LogP contribution < -0.4 is 0 Å². The second-order valence-corrected chi connectivity index (χ2v) is 6.55. The van der Waals surface area contributed by atoms with Crippen molar-refractivity contribution in [3.8, 4) is 0 Å². The molecule has 0 fully saturated rings. The van der Waals surface area contributed by atoms with Gasteiger partial charge in [-0.25, -0.2) is 4.39 Å². The molecule has 0 radical (unpaired) electrons. The van der Waals surface area contributed by atoms with E-state index < -0.39 is 11.4 Å². The first-order valence-electron chi connectivity index (χ1n) is 5.91. The SMILES string of the molecule is CC(O)(Cc1ccc(Br)cc1)c1cc(F)c(Cl)cc1Cl. The molecule has 1 atom stereocenters. The third-order valence-corrected chi connectivity index (χ3v) is 4.18. The predicted octanol–water partition coefficient (Wildman–Crippen LogP) is 5.35. The molecule has 2 aromatic rings.